The van der Waals surface area contributed by atoms with Gasteiger partial charge in [0.15, 0.2) is 0 Å². The van der Waals surface area contributed by atoms with E-state index in [2.05, 4.69) is 10.4 Å². The molecule has 1 aromatic heterocycles. The number of nitrogens with one attached hydrogen (secondary N) is 1. The third-order valence-corrected chi connectivity index (χ3v) is 6.35. The van der Waals surface area contributed by atoms with Crippen LogP contribution < -0.4 is 5.32 Å². The van der Waals surface area contributed by atoms with Gasteiger partial charge in [-0.25, -0.2) is 8.42 Å². The molecule has 0 saturated carbocycles. The van der Waals surface area contributed by atoms with Crippen LogP contribution in [0.5, 0.6) is 0 Å². The van der Waals surface area contributed by atoms with Crippen LogP contribution in [0.2, 0.25) is 0 Å². The number of amides is 1. The fourth-order valence-corrected chi connectivity index (χ4v) is 4.84. The molecule has 136 valence electrons. The number of sulfonamides is 1. The number of hydrogen-bond acceptors (Lipinski definition) is 4. The van der Waals surface area contributed by atoms with Crippen LogP contribution in [0.3, 0.4) is 0 Å². The van der Waals surface area contributed by atoms with Gasteiger partial charge in [-0.05, 0) is 37.7 Å². The number of aryl methyl sites for hydroxylation is 2. The lowest BCUT2D eigenvalue weighted by Crippen LogP contribution is -2.52. The van der Waals surface area contributed by atoms with Gasteiger partial charge in [-0.3, -0.25) is 9.48 Å². The summed E-state index contributed by atoms with van der Waals surface area (Å²) in [6, 6.07) is -0.548. The Morgan fingerprint density at radius 3 is 2.88 bits per heavy atom. The number of nitrogens with zero attached hydrogens (tertiary/aromatic N) is 3. The van der Waals surface area contributed by atoms with Gasteiger partial charge in [0.2, 0.25) is 15.9 Å². The van der Waals surface area contributed by atoms with Crippen molar-refractivity contribution in [3.63, 3.8) is 0 Å². The monoisotopic (exact) mass is 356 g/mol. The Hall–Kier alpha value is -1.41. The van der Waals surface area contributed by atoms with Crippen LogP contribution >= 0.6 is 0 Å². The summed E-state index contributed by atoms with van der Waals surface area (Å²) < 4.78 is 27.9. The SMILES string of the molecule is CCCS(=O)(=O)N1CCCCC1C(=O)NCCCc1cnn(C)c1. The highest BCUT2D eigenvalue weighted by Crippen LogP contribution is 2.21. The van der Waals surface area contributed by atoms with Crippen LogP contribution in [-0.4, -0.2) is 53.3 Å². The Kier molecular flexibility index (Phi) is 6.79. The molecule has 0 spiro atoms. The lowest BCUT2D eigenvalue weighted by molar-refractivity contribution is -0.125. The maximum Gasteiger partial charge on any atom is 0.238 e. The van der Waals surface area contributed by atoms with Crippen molar-refractivity contribution in [1.29, 1.82) is 0 Å². The molecule has 1 aliphatic heterocycles. The second kappa shape index (κ2) is 8.62. The van der Waals surface area contributed by atoms with Crippen LogP contribution in [0.1, 0.15) is 44.6 Å². The second-order valence-electron chi connectivity index (χ2n) is 6.36. The highest BCUT2D eigenvalue weighted by atomic mass is 32.2. The summed E-state index contributed by atoms with van der Waals surface area (Å²) in [6.07, 6.45) is 8.34. The van der Waals surface area contributed by atoms with E-state index in [-0.39, 0.29) is 11.7 Å². The number of rotatable bonds is 8. The first-order chi connectivity index (χ1) is 11.4. The van der Waals surface area contributed by atoms with E-state index in [0.717, 1.165) is 31.2 Å². The van der Waals surface area contributed by atoms with Crippen LogP contribution in [0.15, 0.2) is 12.4 Å². The minimum Gasteiger partial charge on any atom is -0.355 e. The maximum atomic E-state index is 12.4. The Morgan fingerprint density at radius 2 is 2.21 bits per heavy atom. The van der Waals surface area contributed by atoms with Crippen molar-refractivity contribution in [3.8, 4) is 0 Å². The molecule has 0 bridgehead atoms. The first kappa shape index (κ1) is 18.9. The smallest absolute Gasteiger partial charge is 0.238 e. The van der Waals surface area contributed by atoms with Gasteiger partial charge in [0, 0.05) is 26.3 Å². The molecular weight excluding hydrogens is 328 g/mol. The lowest BCUT2D eigenvalue weighted by Gasteiger charge is -2.33. The van der Waals surface area contributed by atoms with Gasteiger partial charge >= 0.3 is 0 Å². The van der Waals surface area contributed by atoms with Crippen LogP contribution in [0.4, 0.5) is 0 Å². The van der Waals surface area contributed by atoms with Crippen molar-refractivity contribution in [2.45, 2.75) is 51.5 Å². The van der Waals surface area contributed by atoms with Crippen LogP contribution in [0.25, 0.3) is 0 Å². The predicted molar refractivity (Wildman–Crippen MR) is 93.0 cm³/mol. The molecule has 1 aliphatic rings. The summed E-state index contributed by atoms with van der Waals surface area (Å²) in [6.45, 7) is 2.84. The van der Waals surface area contributed by atoms with E-state index in [1.165, 1.54) is 4.31 Å². The van der Waals surface area contributed by atoms with Gasteiger partial charge in [0.05, 0.1) is 11.9 Å². The van der Waals surface area contributed by atoms with E-state index in [0.29, 0.717) is 25.9 Å². The summed E-state index contributed by atoms with van der Waals surface area (Å²) in [4.78, 5) is 12.4. The molecule has 1 unspecified atom stereocenters. The van der Waals surface area contributed by atoms with E-state index >= 15 is 0 Å². The van der Waals surface area contributed by atoms with Crippen molar-refractivity contribution in [2.75, 3.05) is 18.8 Å². The standard InChI is InChI=1S/C16H28N4O3S/c1-3-11-24(22,23)20-10-5-4-8-15(20)16(21)17-9-6-7-14-12-18-19(2)13-14/h12-13,15H,3-11H2,1-2H3,(H,17,21). The minimum absolute atomic E-state index is 0.109. The zero-order valence-electron chi connectivity index (χ0n) is 14.6. The molecule has 7 nitrogen and oxygen atoms in total. The number of carbonyl (C=O) groups excluding carboxylic acids is 1. The summed E-state index contributed by atoms with van der Waals surface area (Å²) in [5.74, 6) is -0.0572. The summed E-state index contributed by atoms with van der Waals surface area (Å²) in [5, 5.41) is 7.02. The molecule has 1 N–H and O–H groups in total. The topological polar surface area (TPSA) is 84.3 Å². The summed E-state index contributed by atoms with van der Waals surface area (Å²) >= 11 is 0. The minimum atomic E-state index is -3.34. The van der Waals surface area contributed by atoms with Crippen molar-refractivity contribution in [3.05, 3.63) is 18.0 Å². The van der Waals surface area contributed by atoms with Gasteiger partial charge in [0.25, 0.3) is 0 Å². The molecule has 1 fully saturated rings. The van der Waals surface area contributed by atoms with Crippen LogP contribution in [0, 0.1) is 0 Å². The van der Waals surface area contributed by atoms with E-state index in [1.54, 1.807) is 4.68 Å². The summed E-state index contributed by atoms with van der Waals surface area (Å²) in [5.41, 5.74) is 1.14. The first-order valence-electron chi connectivity index (χ1n) is 8.69. The number of hydrogen-bond donors (Lipinski definition) is 1. The zero-order valence-corrected chi connectivity index (χ0v) is 15.4. The van der Waals surface area contributed by atoms with Gasteiger partial charge in [-0.2, -0.15) is 9.40 Å². The van der Waals surface area contributed by atoms with Gasteiger partial charge in [-0.15, -0.1) is 0 Å². The molecule has 0 radical (unpaired) electrons. The Labute approximate surface area is 144 Å². The molecule has 1 amide bonds. The Balaban J connectivity index is 1.84. The second-order valence-corrected chi connectivity index (χ2v) is 8.40. The molecule has 1 saturated heterocycles. The third kappa shape index (κ3) is 5.04. The van der Waals surface area contributed by atoms with E-state index in [1.807, 2.05) is 26.4 Å². The van der Waals surface area contributed by atoms with Crippen LogP contribution in [-0.2, 0) is 28.3 Å². The van der Waals surface area contributed by atoms with Crippen molar-refractivity contribution >= 4 is 15.9 Å². The molecule has 2 rings (SSSR count). The molecule has 0 aromatic carbocycles. The first-order valence-corrected chi connectivity index (χ1v) is 10.3. The maximum absolute atomic E-state index is 12.4. The lowest BCUT2D eigenvalue weighted by atomic mass is 10.0. The third-order valence-electron chi connectivity index (χ3n) is 4.28. The molecule has 8 heteroatoms. The highest BCUT2D eigenvalue weighted by Gasteiger charge is 2.35. The fourth-order valence-electron chi connectivity index (χ4n) is 3.10. The molecule has 24 heavy (non-hydrogen) atoms. The molecular formula is C16H28N4O3S. The van der Waals surface area contributed by atoms with Gasteiger partial charge in [-0.1, -0.05) is 13.3 Å². The Morgan fingerprint density at radius 1 is 1.42 bits per heavy atom. The molecule has 2 heterocycles. The fraction of sp³-hybridized carbons (Fsp3) is 0.750. The van der Waals surface area contributed by atoms with Crippen molar-refractivity contribution in [1.82, 2.24) is 19.4 Å². The molecule has 1 atom stereocenters. The largest absolute Gasteiger partial charge is 0.355 e. The van der Waals surface area contributed by atoms with Gasteiger partial charge < -0.3 is 5.32 Å². The van der Waals surface area contributed by atoms with E-state index in [4.69, 9.17) is 0 Å². The van der Waals surface area contributed by atoms with E-state index < -0.39 is 16.1 Å². The molecule has 0 aliphatic carbocycles. The van der Waals surface area contributed by atoms with Crippen molar-refractivity contribution < 1.29 is 13.2 Å². The normalized spacial score (nSPS) is 19.3. The number of carbonyl (C=O) groups is 1. The quantitative estimate of drug-likeness (QED) is 0.706. The molecule has 1 aromatic rings. The van der Waals surface area contributed by atoms with Gasteiger partial charge in [0.1, 0.15) is 6.04 Å². The zero-order chi connectivity index (χ0) is 17.6. The highest BCUT2D eigenvalue weighted by molar-refractivity contribution is 7.89. The number of piperidine rings is 1. The summed E-state index contributed by atoms with van der Waals surface area (Å²) in [7, 11) is -1.46. The average Bonchev–Trinajstić information content (AvgIpc) is 2.97. The van der Waals surface area contributed by atoms with Crippen molar-refractivity contribution in [2.24, 2.45) is 7.05 Å². The predicted octanol–water partition coefficient (Wildman–Crippen LogP) is 1.06. The average molecular weight is 356 g/mol. The Bertz CT molecular complexity index is 642. The number of aromatic nitrogens is 2. The van der Waals surface area contributed by atoms with E-state index in [9.17, 15) is 13.2 Å².